The first-order chi connectivity index (χ1) is 8.63. The number of carbonyl (C=O) groups excluding carboxylic acids is 1. The molecule has 0 saturated carbocycles. The van der Waals surface area contributed by atoms with Crippen LogP contribution in [0.5, 0.6) is 0 Å². The Morgan fingerprint density at radius 1 is 1.50 bits per heavy atom. The van der Waals surface area contributed by atoms with E-state index in [4.69, 9.17) is 5.11 Å². The second-order valence-electron chi connectivity index (χ2n) is 4.17. The molecule has 6 heteroatoms. The largest absolute Gasteiger partial charge is 0.477 e. The summed E-state index contributed by atoms with van der Waals surface area (Å²) in [6.07, 6.45) is 3.25. The summed E-state index contributed by atoms with van der Waals surface area (Å²) in [7, 11) is 1.62. The molecule has 96 valence electrons. The smallest absolute Gasteiger partial charge is 0.354 e. The predicted octanol–water partition coefficient (Wildman–Crippen LogP) is 0.495. The van der Waals surface area contributed by atoms with Gasteiger partial charge in [0, 0.05) is 13.6 Å². The third-order valence-electron chi connectivity index (χ3n) is 3.10. The number of hydrogen-bond acceptors (Lipinski definition) is 4. The maximum absolute atomic E-state index is 11.7. The van der Waals surface area contributed by atoms with E-state index in [1.54, 1.807) is 13.1 Å². The van der Waals surface area contributed by atoms with Crippen LogP contribution in [0.25, 0.3) is 0 Å². The predicted molar refractivity (Wildman–Crippen MR) is 65.6 cm³/mol. The highest BCUT2D eigenvalue weighted by atomic mass is 16.4. The number of carboxylic acid groups (broad SMARTS) is 1. The number of nitrogens with one attached hydrogen (secondary N) is 1. The average molecular weight is 249 g/mol. The van der Waals surface area contributed by atoms with Crippen molar-refractivity contribution in [3.63, 3.8) is 0 Å². The van der Waals surface area contributed by atoms with E-state index in [-0.39, 0.29) is 17.6 Å². The summed E-state index contributed by atoms with van der Waals surface area (Å²) in [5.74, 6) is -1.07. The highest BCUT2D eigenvalue weighted by molar-refractivity contribution is 5.87. The van der Waals surface area contributed by atoms with Gasteiger partial charge in [-0.05, 0) is 25.0 Å². The number of amides is 1. The van der Waals surface area contributed by atoms with Crippen LogP contribution in [0.15, 0.2) is 18.3 Å². The molecule has 1 unspecified atom stereocenters. The van der Waals surface area contributed by atoms with E-state index < -0.39 is 5.97 Å². The second-order valence-corrected chi connectivity index (χ2v) is 4.17. The number of aromatic nitrogens is 1. The van der Waals surface area contributed by atoms with Gasteiger partial charge in [0.25, 0.3) is 0 Å². The van der Waals surface area contributed by atoms with Gasteiger partial charge in [0.1, 0.15) is 11.7 Å². The standard InChI is InChI=1S/C12H15N3O3/c1-13-11(16)10-3-2-6-15(10)8-4-5-9(12(17)18)14-7-8/h4-5,7,10H,2-3,6H2,1H3,(H,13,16)(H,17,18). The highest BCUT2D eigenvalue weighted by Gasteiger charge is 2.30. The van der Waals surface area contributed by atoms with E-state index in [1.165, 1.54) is 12.3 Å². The lowest BCUT2D eigenvalue weighted by atomic mass is 10.2. The number of rotatable bonds is 3. The molecular weight excluding hydrogens is 234 g/mol. The molecule has 6 nitrogen and oxygen atoms in total. The maximum atomic E-state index is 11.7. The van der Waals surface area contributed by atoms with Crippen molar-refractivity contribution < 1.29 is 14.7 Å². The van der Waals surface area contributed by atoms with Crippen molar-refractivity contribution in [1.29, 1.82) is 0 Å². The molecule has 1 amide bonds. The van der Waals surface area contributed by atoms with Crippen molar-refractivity contribution >= 4 is 17.6 Å². The normalized spacial score (nSPS) is 18.7. The number of pyridine rings is 1. The van der Waals surface area contributed by atoms with Gasteiger partial charge in [0.2, 0.25) is 5.91 Å². The second kappa shape index (κ2) is 5.03. The number of likely N-dealkylation sites (N-methyl/N-ethyl adjacent to an activating group) is 1. The monoisotopic (exact) mass is 249 g/mol. The molecular formula is C12H15N3O3. The van der Waals surface area contributed by atoms with Crippen LogP contribution in [0.2, 0.25) is 0 Å². The van der Waals surface area contributed by atoms with Crippen LogP contribution in [0.4, 0.5) is 5.69 Å². The zero-order chi connectivity index (χ0) is 13.1. The van der Waals surface area contributed by atoms with E-state index in [0.29, 0.717) is 0 Å². The van der Waals surface area contributed by atoms with Crippen LogP contribution in [0.1, 0.15) is 23.3 Å². The number of carboxylic acids is 1. The van der Waals surface area contributed by atoms with Crippen LogP contribution in [0.3, 0.4) is 0 Å². The molecule has 2 rings (SSSR count). The minimum atomic E-state index is -1.05. The molecule has 1 fully saturated rings. The molecule has 0 radical (unpaired) electrons. The SMILES string of the molecule is CNC(=O)C1CCCN1c1ccc(C(=O)O)nc1. The zero-order valence-electron chi connectivity index (χ0n) is 10.1. The van der Waals surface area contributed by atoms with Gasteiger partial charge >= 0.3 is 5.97 Å². The number of aromatic carboxylic acids is 1. The molecule has 0 spiro atoms. The summed E-state index contributed by atoms with van der Waals surface area (Å²) >= 11 is 0. The lowest BCUT2D eigenvalue weighted by molar-refractivity contribution is -0.121. The van der Waals surface area contributed by atoms with Gasteiger partial charge in [0.15, 0.2) is 0 Å². The molecule has 18 heavy (non-hydrogen) atoms. The van der Waals surface area contributed by atoms with Crippen LogP contribution in [0, 0.1) is 0 Å². The number of anilines is 1. The molecule has 0 aromatic carbocycles. The zero-order valence-corrected chi connectivity index (χ0v) is 10.1. The van der Waals surface area contributed by atoms with Crippen LogP contribution in [-0.2, 0) is 4.79 Å². The van der Waals surface area contributed by atoms with Crippen LogP contribution in [-0.4, -0.2) is 41.6 Å². The molecule has 1 saturated heterocycles. The Hall–Kier alpha value is -2.11. The van der Waals surface area contributed by atoms with E-state index in [0.717, 1.165) is 25.1 Å². The van der Waals surface area contributed by atoms with E-state index in [2.05, 4.69) is 10.3 Å². The first-order valence-electron chi connectivity index (χ1n) is 5.81. The van der Waals surface area contributed by atoms with Gasteiger partial charge in [0.05, 0.1) is 11.9 Å². The average Bonchev–Trinajstić information content (AvgIpc) is 2.87. The summed E-state index contributed by atoms with van der Waals surface area (Å²) in [6, 6.07) is 2.96. The minimum Gasteiger partial charge on any atom is -0.477 e. The van der Waals surface area contributed by atoms with Crippen LogP contribution < -0.4 is 10.2 Å². The molecule has 0 aliphatic carbocycles. The van der Waals surface area contributed by atoms with Crippen LogP contribution >= 0.6 is 0 Å². The Labute approximate surface area is 105 Å². The molecule has 1 aliphatic heterocycles. The van der Waals surface area contributed by atoms with Crippen molar-refractivity contribution in [2.24, 2.45) is 0 Å². The lowest BCUT2D eigenvalue weighted by Gasteiger charge is -2.25. The topological polar surface area (TPSA) is 82.5 Å². The van der Waals surface area contributed by atoms with Gasteiger partial charge in [-0.1, -0.05) is 0 Å². The fourth-order valence-electron chi connectivity index (χ4n) is 2.20. The van der Waals surface area contributed by atoms with E-state index in [9.17, 15) is 9.59 Å². The van der Waals surface area contributed by atoms with Crippen molar-refractivity contribution in [3.05, 3.63) is 24.0 Å². The number of nitrogens with zero attached hydrogens (tertiary/aromatic N) is 2. The minimum absolute atomic E-state index is 0.00874. The Balaban J connectivity index is 2.20. The fourth-order valence-corrected chi connectivity index (χ4v) is 2.20. The van der Waals surface area contributed by atoms with Gasteiger partial charge < -0.3 is 15.3 Å². The van der Waals surface area contributed by atoms with Crippen molar-refractivity contribution in [3.8, 4) is 0 Å². The quantitative estimate of drug-likeness (QED) is 0.815. The Morgan fingerprint density at radius 3 is 2.83 bits per heavy atom. The Bertz CT molecular complexity index is 458. The first-order valence-corrected chi connectivity index (χ1v) is 5.81. The summed E-state index contributed by atoms with van der Waals surface area (Å²) in [6.45, 7) is 0.784. The Morgan fingerprint density at radius 2 is 2.28 bits per heavy atom. The maximum Gasteiger partial charge on any atom is 0.354 e. The number of carbonyl (C=O) groups is 2. The molecule has 1 aromatic heterocycles. The third kappa shape index (κ3) is 2.27. The molecule has 1 aliphatic rings. The van der Waals surface area contributed by atoms with Gasteiger partial charge in [-0.2, -0.15) is 0 Å². The van der Waals surface area contributed by atoms with Crippen molar-refractivity contribution in [1.82, 2.24) is 10.3 Å². The Kier molecular flexibility index (Phi) is 3.45. The van der Waals surface area contributed by atoms with Gasteiger partial charge in [-0.25, -0.2) is 9.78 Å². The van der Waals surface area contributed by atoms with Crippen molar-refractivity contribution in [2.75, 3.05) is 18.5 Å². The highest BCUT2D eigenvalue weighted by Crippen LogP contribution is 2.25. The fraction of sp³-hybridized carbons (Fsp3) is 0.417. The van der Waals surface area contributed by atoms with E-state index in [1.807, 2.05) is 4.90 Å². The third-order valence-corrected chi connectivity index (χ3v) is 3.10. The van der Waals surface area contributed by atoms with E-state index >= 15 is 0 Å². The molecule has 1 atom stereocenters. The number of hydrogen-bond donors (Lipinski definition) is 2. The molecule has 1 aromatic rings. The molecule has 2 N–H and O–H groups in total. The molecule has 2 heterocycles. The summed E-state index contributed by atoms with van der Waals surface area (Å²) in [4.78, 5) is 28.2. The molecule has 0 bridgehead atoms. The summed E-state index contributed by atoms with van der Waals surface area (Å²) in [5, 5.41) is 11.4. The van der Waals surface area contributed by atoms with Crippen molar-refractivity contribution in [2.45, 2.75) is 18.9 Å². The summed E-state index contributed by atoms with van der Waals surface area (Å²) < 4.78 is 0. The van der Waals surface area contributed by atoms with Gasteiger partial charge in [-0.3, -0.25) is 4.79 Å². The lowest BCUT2D eigenvalue weighted by Crippen LogP contribution is -2.42. The summed E-state index contributed by atoms with van der Waals surface area (Å²) in [5.41, 5.74) is 0.792. The van der Waals surface area contributed by atoms with Gasteiger partial charge in [-0.15, -0.1) is 0 Å². The first kappa shape index (κ1) is 12.3.